The van der Waals surface area contributed by atoms with Gasteiger partial charge in [-0.2, -0.15) is 0 Å². The number of thiazole rings is 1. The molecule has 1 aliphatic heterocycles. The number of carbonyl (C=O) groups is 2. The molecule has 2 amide bonds. The van der Waals surface area contributed by atoms with Crippen LogP contribution >= 0.6 is 22.9 Å². The van der Waals surface area contributed by atoms with Gasteiger partial charge in [0.25, 0.3) is 0 Å². The Morgan fingerprint density at radius 3 is 2.88 bits per heavy atom. The Kier molecular flexibility index (Phi) is 4.34. The summed E-state index contributed by atoms with van der Waals surface area (Å²) in [5, 5.41) is 5.79. The summed E-state index contributed by atoms with van der Waals surface area (Å²) in [6, 6.07) is 7.80. The number of pyridine rings is 1. The van der Waals surface area contributed by atoms with E-state index in [1.54, 1.807) is 24.3 Å². The monoisotopic (exact) mass is 386 g/mol. The molecule has 1 aromatic carbocycles. The first-order valence-corrected chi connectivity index (χ1v) is 9.25. The Labute approximate surface area is 158 Å². The van der Waals surface area contributed by atoms with Gasteiger partial charge in [-0.15, -0.1) is 0 Å². The molecule has 1 saturated heterocycles. The Hall–Kier alpha value is -2.51. The van der Waals surface area contributed by atoms with Crippen molar-refractivity contribution in [1.82, 2.24) is 14.9 Å². The molecular formula is C18H15ClN4O2S. The SMILES string of the molecule is CN1CC(C(=O)Nc2ncc(-c3ccc4cnc(Cl)cc4c3)s2)CC1=O. The maximum absolute atomic E-state index is 12.3. The number of aromatic nitrogens is 2. The van der Waals surface area contributed by atoms with E-state index in [1.807, 2.05) is 24.3 Å². The normalized spacial score (nSPS) is 17.1. The molecule has 4 rings (SSSR count). The van der Waals surface area contributed by atoms with Crippen LogP contribution in [0.25, 0.3) is 21.2 Å². The topological polar surface area (TPSA) is 75.2 Å². The maximum Gasteiger partial charge on any atom is 0.231 e. The molecule has 3 aromatic rings. The van der Waals surface area contributed by atoms with Crippen LogP contribution < -0.4 is 5.32 Å². The van der Waals surface area contributed by atoms with Gasteiger partial charge >= 0.3 is 0 Å². The van der Waals surface area contributed by atoms with E-state index in [4.69, 9.17) is 11.6 Å². The average molecular weight is 387 g/mol. The minimum absolute atomic E-state index is 0.00529. The van der Waals surface area contributed by atoms with Gasteiger partial charge in [0.2, 0.25) is 11.8 Å². The van der Waals surface area contributed by atoms with Crippen molar-refractivity contribution >= 4 is 50.7 Å². The van der Waals surface area contributed by atoms with Crippen molar-refractivity contribution < 1.29 is 9.59 Å². The molecule has 0 spiro atoms. The minimum atomic E-state index is -0.324. The maximum atomic E-state index is 12.3. The summed E-state index contributed by atoms with van der Waals surface area (Å²) in [5.74, 6) is -0.496. The summed E-state index contributed by atoms with van der Waals surface area (Å²) in [4.78, 5) is 34.8. The zero-order valence-corrected chi connectivity index (χ0v) is 15.5. The van der Waals surface area contributed by atoms with Gasteiger partial charge in [-0.3, -0.25) is 9.59 Å². The molecule has 8 heteroatoms. The van der Waals surface area contributed by atoms with Crippen molar-refractivity contribution in [2.75, 3.05) is 18.9 Å². The molecule has 26 heavy (non-hydrogen) atoms. The lowest BCUT2D eigenvalue weighted by molar-refractivity contribution is -0.127. The summed E-state index contributed by atoms with van der Waals surface area (Å²) < 4.78 is 0. The van der Waals surface area contributed by atoms with Gasteiger partial charge in [0, 0.05) is 37.8 Å². The standard InChI is InChI=1S/C18H15ClN4O2S/c1-23-9-13(6-16(23)24)17(25)22-18-21-8-14(26-18)10-2-3-11-7-20-15(19)5-12(11)4-10/h2-5,7-8,13H,6,9H2,1H3,(H,21,22,25). The van der Waals surface area contributed by atoms with Gasteiger partial charge in [0.15, 0.2) is 5.13 Å². The Balaban J connectivity index is 1.53. The summed E-state index contributed by atoms with van der Waals surface area (Å²) in [6.07, 6.45) is 3.72. The van der Waals surface area contributed by atoms with Crippen molar-refractivity contribution in [2.24, 2.45) is 5.92 Å². The lowest BCUT2D eigenvalue weighted by atomic mass is 10.1. The van der Waals surface area contributed by atoms with Crippen molar-refractivity contribution in [3.05, 3.63) is 41.8 Å². The molecular weight excluding hydrogens is 372 g/mol. The molecule has 132 valence electrons. The van der Waals surface area contributed by atoms with Gasteiger partial charge in [-0.05, 0) is 23.1 Å². The van der Waals surface area contributed by atoms with Gasteiger partial charge in [-0.1, -0.05) is 35.1 Å². The number of likely N-dealkylation sites (tertiary alicyclic amines) is 1. The number of nitrogens with one attached hydrogen (secondary N) is 1. The lowest BCUT2D eigenvalue weighted by Crippen LogP contribution is -2.25. The zero-order chi connectivity index (χ0) is 18.3. The molecule has 1 aliphatic rings. The van der Waals surface area contributed by atoms with Gasteiger partial charge in [0.05, 0.1) is 10.8 Å². The van der Waals surface area contributed by atoms with Gasteiger partial charge < -0.3 is 10.2 Å². The van der Waals surface area contributed by atoms with Gasteiger partial charge in [0.1, 0.15) is 5.15 Å². The number of rotatable bonds is 3. The smallest absolute Gasteiger partial charge is 0.231 e. The number of anilines is 1. The van der Waals surface area contributed by atoms with Crippen LogP contribution in [0.3, 0.4) is 0 Å². The highest BCUT2D eigenvalue weighted by Crippen LogP contribution is 2.32. The second-order valence-corrected chi connectivity index (χ2v) is 7.68. The fourth-order valence-electron chi connectivity index (χ4n) is 2.98. The van der Waals surface area contributed by atoms with Crippen LogP contribution in [0.2, 0.25) is 5.15 Å². The zero-order valence-electron chi connectivity index (χ0n) is 13.9. The molecule has 0 saturated carbocycles. The molecule has 0 bridgehead atoms. The number of halogens is 1. The summed E-state index contributed by atoms with van der Waals surface area (Å²) in [6.45, 7) is 0.447. The number of hydrogen-bond acceptors (Lipinski definition) is 5. The highest BCUT2D eigenvalue weighted by molar-refractivity contribution is 7.19. The molecule has 1 atom stereocenters. The first-order chi connectivity index (χ1) is 12.5. The van der Waals surface area contributed by atoms with E-state index < -0.39 is 0 Å². The molecule has 3 heterocycles. The number of amides is 2. The van der Waals surface area contributed by atoms with Crippen molar-refractivity contribution in [3.63, 3.8) is 0 Å². The number of nitrogens with zero attached hydrogens (tertiary/aromatic N) is 3. The van der Waals surface area contributed by atoms with E-state index >= 15 is 0 Å². The van der Waals surface area contributed by atoms with E-state index in [0.717, 1.165) is 21.2 Å². The second-order valence-electron chi connectivity index (χ2n) is 6.26. The Morgan fingerprint density at radius 1 is 1.27 bits per heavy atom. The first kappa shape index (κ1) is 16.9. The third kappa shape index (κ3) is 3.27. The molecule has 2 aromatic heterocycles. The third-order valence-electron chi connectivity index (χ3n) is 4.42. The van der Waals surface area contributed by atoms with E-state index in [2.05, 4.69) is 15.3 Å². The van der Waals surface area contributed by atoms with E-state index in [9.17, 15) is 9.59 Å². The number of hydrogen-bond donors (Lipinski definition) is 1. The lowest BCUT2D eigenvalue weighted by Gasteiger charge is -2.09. The molecule has 1 fully saturated rings. The largest absolute Gasteiger partial charge is 0.345 e. The van der Waals surface area contributed by atoms with Crippen LogP contribution in [-0.4, -0.2) is 40.3 Å². The predicted molar refractivity (Wildman–Crippen MR) is 102 cm³/mol. The summed E-state index contributed by atoms with van der Waals surface area (Å²) >= 11 is 7.36. The van der Waals surface area contributed by atoms with Crippen LogP contribution in [0.15, 0.2) is 36.7 Å². The molecule has 6 nitrogen and oxygen atoms in total. The quantitative estimate of drug-likeness (QED) is 0.700. The van der Waals surface area contributed by atoms with Crippen molar-refractivity contribution in [3.8, 4) is 10.4 Å². The highest BCUT2D eigenvalue weighted by Gasteiger charge is 2.32. The summed E-state index contributed by atoms with van der Waals surface area (Å²) in [5.41, 5.74) is 0.994. The number of benzene rings is 1. The van der Waals surface area contributed by atoms with E-state index in [-0.39, 0.29) is 24.2 Å². The average Bonchev–Trinajstić information content (AvgIpc) is 3.21. The highest BCUT2D eigenvalue weighted by atomic mass is 35.5. The molecule has 0 radical (unpaired) electrons. The Bertz CT molecular complexity index is 1020. The third-order valence-corrected chi connectivity index (χ3v) is 5.59. The molecule has 0 aliphatic carbocycles. The van der Waals surface area contributed by atoms with Crippen LogP contribution in [0.5, 0.6) is 0 Å². The van der Waals surface area contributed by atoms with Crippen molar-refractivity contribution in [1.29, 1.82) is 0 Å². The predicted octanol–water partition coefficient (Wildman–Crippen LogP) is 3.43. The fourth-order valence-corrected chi connectivity index (χ4v) is 3.96. The van der Waals surface area contributed by atoms with Crippen LogP contribution in [-0.2, 0) is 9.59 Å². The summed E-state index contributed by atoms with van der Waals surface area (Å²) in [7, 11) is 1.71. The second kappa shape index (κ2) is 6.66. The Morgan fingerprint density at radius 2 is 2.12 bits per heavy atom. The van der Waals surface area contributed by atoms with Crippen LogP contribution in [0, 0.1) is 5.92 Å². The molecule has 1 unspecified atom stereocenters. The fraction of sp³-hybridized carbons (Fsp3) is 0.222. The van der Waals surface area contributed by atoms with Crippen LogP contribution in [0.4, 0.5) is 5.13 Å². The van der Waals surface area contributed by atoms with Gasteiger partial charge in [-0.25, -0.2) is 9.97 Å². The number of carbonyl (C=O) groups excluding carboxylic acids is 2. The van der Waals surface area contributed by atoms with E-state index in [1.165, 1.54) is 11.3 Å². The van der Waals surface area contributed by atoms with Crippen LogP contribution in [0.1, 0.15) is 6.42 Å². The first-order valence-electron chi connectivity index (χ1n) is 8.06. The van der Waals surface area contributed by atoms with Crippen molar-refractivity contribution in [2.45, 2.75) is 6.42 Å². The van der Waals surface area contributed by atoms with E-state index in [0.29, 0.717) is 16.8 Å². The number of fused-ring (bicyclic) bond motifs is 1. The minimum Gasteiger partial charge on any atom is -0.345 e. The molecule has 1 N–H and O–H groups in total.